The molecule has 0 amide bonds. The zero-order valence-electron chi connectivity index (χ0n) is 11.7. The second-order valence-electron chi connectivity index (χ2n) is 5.27. The lowest BCUT2D eigenvalue weighted by Crippen LogP contribution is -2.32. The molecule has 2 nitrogen and oxygen atoms in total. The van der Waals surface area contributed by atoms with Gasteiger partial charge < -0.3 is 5.11 Å². The number of nitrogens with zero attached hydrogens (tertiary/aromatic N) is 1. The van der Waals surface area contributed by atoms with Crippen molar-refractivity contribution >= 4 is 0 Å². The van der Waals surface area contributed by atoms with Gasteiger partial charge in [0.05, 0.1) is 0 Å². The molecule has 0 saturated heterocycles. The first-order valence-electron chi connectivity index (χ1n) is 7.32. The molecule has 18 heavy (non-hydrogen) atoms. The van der Waals surface area contributed by atoms with Gasteiger partial charge in [0.15, 0.2) is 0 Å². The van der Waals surface area contributed by atoms with E-state index in [1.54, 1.807) is 0 Å². The highest BCUT2D eigenvalue weighted by Crippen LogP contribution is 2.35. The number of aryl methyl sites for hydroxylation is 1. The minimum absolute atomic E-state index is 0.408. The van der Waals surface area contributed by atoms with Gasteiger partial charge in [-0.2, -0.15) is 0 Å². The Kier molecular flexibility index (Phi) is 4.65. The molecule has 1 atom stereocenters. The number of phenolic OH excluding ortho intramolecular Hbond substituents is 1. The van der Waals surface area contributed by atoms with Gasteiger partial charge in [-0.25, -0.2) is 0 Å². The van der Waals surface area contributed by atoms with E-state index < -0.39 is 0 Å². The molecule has 0 heterocycles. The van der Waals surface area contributed by atoms with E-state index in [9.17, 15) is 5.11 Å². The van der Waals surface area contributed by atoms with Crippen molar-refractivity contribution in [1.82, 2.24) is 4.90 Å². The van der Waals surface area contributed by atoms with Crippen LogP contribution in [0.3, 0.4) is 0 Å². The predicted octanol–water partition coefficient (Wildman–Crippen LogP) is 3.89. The first kappa shape index (κ1) is 13.4. The SMILES string of the molecule is CCCCN(CC)C1CCCc2cc(O)ccc21. The second kappa shape index (κ2) is 6.24. The maximum Gasteiger partial charge on any atom is 0.115 e. The van der Waals surface area contributed by atoms with Crippen molar-refractivity contribution in [3.8, 4) is 5.75 Å². The number of aromatic hydroxyl groups is 1. The Morgan fingerprint density at radius 2 is 2.17 bits per heavy atom. The molecule has 0 fully saturated rings. The van der Waals surface area contributed by atoms with Crippen LogP contribution in [-0.2, 0) is 6.42 Å². The average molecular weight is 247 g/mol. The third kappa shape index (κ3) is 2.86. The molecule has 1 aliphatic rings. The smallest absolute Gasteiger partial charge is 0.115 e. The van der Waals surface area contributed by atoms with Gasteiger partial charge in [0.1, 0.15) is 5.75 Å². The number of benzene rings is 1. The molecule has 2 heteroatoms. The van der Waals surface area contributed by atoms with Gasteiger partial charge >= 0.3 is 0 Å². The summed E-state index contributed by atoms with van der Waals surface area (Å²) in [6.45, 7) is 6.81. The monoisotopic (exact) mass is 247 g/mol. The van der Waals surface area contributed by atoms with E-state index in [0.717, 1.165) is 13.0 Å². The lowest BCUT2D eigenvalue weighted by Gasteiger charge is -2.35. The molecule has 0 radical (unpaired) electrons. The molecule has 0 aromatic heterocycles. The topological polar surface area (TPSA) is 23.5 Å². The van der Waals surface area contributed by atoms with E-state index in [-0.39, 0.29) is 0 Å². The molecule has 1 aromatic rings. The lowest BCUT2D eigenvalue weighted by atomic mass is 9.86. The molecule has 1 unspecified atom stereocenters. The van der Waals surface area contributed by atoms with Crippen LogP contribution in [0, 0.1) is 0 Å². The van der Waals surface area contributed by atoms with Gasteiger partial charge in [0, 0.05) is 6.04 Å². The maximum atomic E-state index is 9.60. The van der Waals surface area contributed by atoms with Gasteiger partial charge in [-0.1, -0.05) is 26.3 Å². The van der Waals surface area contributed by atoms with Crippen molar-refractivity contribution in [3.63, 3.8) is 0 Å². The van der Waals surface area contributed by atoms with E-state index in [0.29, 0.717) is 11.8 Å². The molecule has 1 aromatic carbocycles. The first-order chi connectivity index (χ1) is 8.76. The number of unbranched alkanes of at least 4 members (excludes halogenated alkanes) is 1. The average Bonchev–Trinajstić information content (AvgIpc) is 2.39. The predicted molar refractivity (Wildman–Crippen MR) is 75.9 cm³/mol. The molecule has 0 bridgehead atoms. The summed E-state index contributed by atoms with van der Waals surface area (Å²) in [6.07, 6.45) is 6.15. The Hall–Kier alpha value is -1.02. The number of fused-ring (bicyclic) bond motifs is 1. The van der Waals surface area contributed by atoms with Crippen molar-refractivity contribution in [1.29, 1.82) is 0 Å². The summed E-state index contributed by atoms with van der Waals surface area (Å²) in [6, 6.07) is 6.48. The highest BCUT2D eigenvalue weighted by molar-refractivity contribution is 5.38. The molecule has 2 rings (SSSR count). The van der Waals surface area contributed by atoms with Gasteiger partial charge in [-0.05, 0) is 62.0 Å². The quantitative estimate of drug-likeness (QED) is 0.853. The fraction of sp³-hybridized carbons (Fsp3) is 0.625. The Morgan fingerprint density at radius 1 is 1.33 bits per heavy atom. The summed E-state index contributed by atoms with van der Waals surface area (Å²) in [5.74, 6) is 0.408. The molecule has 1 N–H and O–H groups in total. The zero-order chi connectivity index (χ0) is 13.0. The molecule has 0 spiro atoms. The van der Waals surface area contributed by atoms with Gasteiger partial charge in [0.2, 0.25) is 0 Å². The molecule has 100 valence electrons. The summed E-state index contributed by atoms with van der Waals surface area (Å²) in [7, 11) is 0. The van der Waals surface area contributed by atoms with Gasteiger partial charge in [-0.3, -0.25) is 4.90 Å². The summed E-state index contributed by atoms with van der Waals surface area (Å²) in [5.41, 5.74) is 2.79. The normalized spacial score (nSPS) is 18.9. The Labute approximate surface area is 111 Å². The van der Waals surface area contributed by atoms with Crippen LogP contribution in [-0.4, -0.2) is 23.1 Å². The first-order valence-corrected chi connectivity index (χ1v) is 7.32. The molecule has 0 saturated carbocycles. The van der Waals surface area contributed by atoms with E-state index in [4.69, 9.17) is 0 Å². The van der Waals surface area contributed by atoms with Crippen molar-refractivity contribution < 1.29 is 5.11 Å². The molecular formula is C16H25NO. The van der Waals surface area contributed by atoms with Crippen LogP contribution >= 0.6 is 0 Å². The minimum atomic E-state index is 0.408. The van der Waals surface area contributed by atoms with E-state index in [1.165, 1.54) is 43.4 Å². The van der Waals surface area contributed by atoms with Crippen molar-refractivity contribution in [2.45, 2.75) is 52.0 Å². The summed E-state index contributed by atoms with van der Waals surface area (Å²) >= 11 is 0. The van der Waals surface area contributed by atoms with Crippen molar-refractivity contribution in [2.24, 2.45) is 0 Å². The summed E-state index contributed by atoms with van der Waals surface area (Å²) < 4.78 is 0. The number of hydrogen-bond acceptors (Lipinski definition) is 2. The van der Waals surface area contributed by atoms with Gasteiger partial charge in [-0.15, -0.1) is 0 Å². The second-order valence-corrected chi connectivity index (χ2v) is 5.27. The van der Waals surface area contributed by atoms with Crippen molar-refractivity contribution in [3.05, 3.63) is 29.3 Å². The summed E-state index contributed by atoms with van der Waals surface area (Å²) in [5, 5.41) is 9.60. The number of rotatable bonds is 5. The Bertz CT molecular complexity index is 389. The fourth-order valence-electron chi connectivity index (χ4n) is 3.05. The third-order valence-electron chi connectivity index (χ3n) is 4.06. The van der Waals surface area contributed by atoms with Crippen LogP contribution in [0.1, 0.15) is 56.7 Å². The van der Waals surface area contributed by atoms with Crippen molar-refractivity contribution in [2.75, 3.05) is 13.1 Å². The maximum absolute atomic E-state index is 9.60. The van der Waals surface area contributed by atoms with Gasteiger partial charge in [0.25, 0.3) is 0 Å². The van der Waals surface area contributed by atoms with E-state index >= 15 is 0 Å². The molecule has 1 aliphatic carbocycles. The molecular weight excluding hydrogens is 222 g/mol. The third-order valence-corrected chi connectivity index (χ3v) is 4.06. The van der Waals surface area contributed by atoms with E-state index in [1.807, 2.05) is 12.1 Å². The van der Waals surface area contributed by atoms with Crippen LogP contribution in [0.5, 0.6) is 5.75 Å². The molecule has 0 aliphatic heterocycles. The van der Waals surface area contributed by atoms with Crippen LogP contribution in [0.2, 0.25) is 0 Å². The Balaban J connectivity index is 2.20. The zero-order valence-corrected chi connectivity index (χ0v) is 11.7. The van der Waals surface area contributed by atoms with Crippen LogP contribution in [0.15, 0.2) is 18.2 Å². The fourth-order valence-corrected chi connectivity index (χ4v) is 3.05. The standard InChI is InChI=1S/C16H25NO/c1-3-5-11-17(4-2)16-8-6-7-13-12-14(18)9-10-15(13)16/h9-10,12,16,18H,3-8,11H2,1-2H3. The van der Waals surface area contributed by atoms with Crippen LogP contribution in [0.4, 0.5) is 0 Å². The highest BCUT2D eigenvalue weighted by Gasteiger charge is 2.24. The number of hydrogen-bond donors (Lipinski definition) is 1. The number of phenols is 1. The lowest BCUT2D eigenvalue weighted by molar-refractivity contribution is 0.185. The Morgan fingerprint density at radius 3 is 2.89 bits per heavy atom. The van der Waals surface area contributed by atoms with Crippen LogP contribution < -0.4 is 0 Å². The largest absolute Gasteiger partial charge is 0.508 e. The minimum Gasteiger partial charge on any atom is -0.508 e. The van der Waals surface area contributed by atoms with Crippen LogP contribution in [0.25, 0.3) is 0 Å². The van der Waals surface area contributed by atoms with E-state index in [2.05, 4.69) is 24.8 Å². The highest BCUT2D eigenvalue weighted by atomic mass is 16.3. The summed E-state index contributed by atoms with van der Waals surface area (Å²) in [4.78, 5) is 2.60.